The summed E-state index contributed by atoms with van der Waals surface area (Å²) in [7, 11) is 0. The Morgan fingerprint density at radius 3 is 1.25 bits per heavy atom. The molecule has 0 heterocycles. The maximum absolute atomic E-state index is 10.1. The van der Waals surface area contributed by atoms with Crippen LogP contribution in [-0.4, -0.2) is 6.29 Å². The highest BCUT2D eigenvalue weighted by molar-refractivity contribution is 5.60. The molecule has 0 aliphatic carbocycles. The van der Waals surface area contributed by atoms with E-state index in [1.807, 2.05) is 0 Å². The minimum atomic E-state index is 0.920. The van der Waals surface area contributed by atoms with E-state index in [2.05, 4.69) is 6.92 Å². The van der Waals surface area contributed by atoms with Crippen molar-refractivity contribution in [1.82, 2.24) is 0 Å². The Labute approximate surface area is 127 Å². The van der Waals surface area contributed by atoms with Gasteiger partial charge in [0.1, 0.15) is 6.29 Å². The largest absolute Gasteiger partial charge is 0.303 e. The first-order valence-corrected chi connectivity index (χ1v) is 9.18. The molecule has 0 rings (SSSR count). The maximum Gasteiger partial charge on any atom is 0.123 e. The van der Waals surface area contributed by atoms with Gasteiger partial charge in [-0.05, 0) is 6.42 Å². The minimum absolute atomic E-state index is 0.920. The van der Waals surface area contributed by atoms with Gasteiger partial charge in [-0.3, -0.25) is 0 Å². The summed E-state index contributed by atoms with van der Waals surface area (Å²) in [4.78, 5) is 10.1. The lowest BCUT2D eigenvalue weighted by Gasteiger charge is -2.03. The molecular formula is C19H37O. The van der Waals surface area contributed by atoms with Gasteiger partial charge in [0.15, 0.2) is 0 Å². The van der Waals surface area contributed by atoms with Crippen molar-refractivity contribution >= 4 is 6.29 Å². The van der Waals surface area contributed by atoms with Crippen molar-refractivity contribution in [3.05, 3.63) is 6.42 Å². The van der Waals surface area contributed by atoms with Crippen molar-refractivity contribution < 1.29 is 4.79 Å². The third-order valence-electron chi connectivity index (χ3n) is 4.07. The molecule has 0 aliphatic heterocycles. The smallest absolute Gasteiger partial charge is 0.123 e. The van der Waals surface area contributed by atoms with Gasteiger partial charge in [0, 0.05) is 6.42 Å². The monoisotopic (exact) mass is 281 g/mol. The van der Waals surface area contributed by atoms with Gasteiger partial charge in [-0.1, -0.05) is 103 Å². The summed E-state index contributed by atoms with van der Waals surface area (Å²) in [6, 6.07) is 0. The summed E-state index contributed by atoms with van der Waals surface area (Å²) in [6.45, 7) is 2.28. The summed E-state index contributed by atoms with van der Waals surface area (Å²) in [6.07, 6.45) is 24.6. The second kappa shape index (κ2) is 18.7. The van der Waals surface area contributed by atoms with Crippen LogP contribution in [-0.2, 0) is 4.79 Å². The molecule has 0 N–H and O–H groups in total. The number of rotatable bonds is 17. The van der Waals surface area contributed by atoms with Crippen LogP contribution in [0, 0.1) is 6.42 Å². The van der Waals surface area contributed by atoms with E-state index in [0.717, 1.165) is 12.7 Å². The average molecular weight is 282 g/mol. The van der Waals surface area contributed by atoms with E-state index >= 15 is 0 Å². The van der Waals surface area contributed by atoms with Crippen molar-refractivity contribution in [2.24, 2.45) is 0 Å². The third kappa shape index (κ3) is 17.7. The molecule has 1 radical (unpaired) electrons. The summed E-state index contributed by atoms with van der Waals surface area (Å²) >= 11 is 0. The molecule has 1 nitrogen and oxygen atoms in total. The molecular weight excluding hydrogens is 244 g/mol. The quantitative estimate of drug-likeness (QED) is 0.215. The molecule has 0 bridgehead atoms. The van der Waals surface area contributed by atoms with Gasteiger partial charge in [-0.2, -0.15) is 0 Å². The molecule has 1 heteroatoms. The molecule has 0 saturated heterocycles. The minimum Gasteiger partial charge on any atom is -0.303 e. The zero-order valence-corrected chi connectivity index (χ0v) is 13.9. The van der Waals surface area contributed by atoms with Gasteiger partial charge in [0.25, 0.3) is 0 Å². The number of hydrogen-bond donors (Lipinski definition) is 0. The van der Waals surface area contributed by atoms with E-state index in [0.29, 0.717) is 0 Å². The van der Waals surface area contributed by atoms with E-state index in [1.165, 1.54) is 96.3 Å². The average Bonchev–Trinajstić information content (AvgIpc) is 2.47. The number of aldehydes is 1. The van der Waals surface area contributed by atoms with Gasteiger partial charge in [0.05, 0.1) is 0 Å². The fourth-order valence-corrected chi connectivity index (χ4v) is 2.70. The van der Waals surface area contributed by atoms with Crippen LogP contribution in [0.1, 0.15) is 110 Å². The molecule has 119 valence electrons. The van der Waals surface area contributed by atoms with Gasteiger partial charge >= 0.3 is 0 Å². The first-order chi connectivity index (χ1) is 9.91. The van der Waals surface area contributed by atoms with Crippen LogP contribution in [0.25, 0.3) is 0 Å². The van der Waals surface area contributed by atoms with Crippen LogP contribution < -0.4 is 0 Å². The number of hydrogen-bond acceptors (Lipinski definition) is 1. The van der Waals surface area contributed by atoms with Gasteiger partial charge in [0.2, 0.25) is 0 Å². The first-order valence-electron chi connectivity index (χ1n) is 9.18. The molecule has 0 aliphatic rings. The Balaban J connectivity index is 2.90. The molecule has 0 aromatic rings. The van der Waals surface area contributed by atoms with Crippen LogP contribution in [0.5, 0.6) is 0 Å². The molecule has 0 atom stereocenters. The number of carbonyl (C=O) groups excluding carboxylic acids is 1. The summed E-state index contributed by atoms with van der Waals surface area (Å²) < 4.78 is 0. The van der Waals surface area contributed by atoms with Crippen LogP contribution in [0.2, 0.25) is 0 Å². The summed E-state index contributed by atoms with van der Waals surface area (Å²) in [5, 5.41) is 0. The topological polar surface area (TPSA) is 17.1 Å². The SMILES string of the molecule is CCCCCCCCCCCCCCCCC[CH]C=O. The first kappa shape index (κ1) is 19.7. The molecule has 0 aromatic heterocycles. The molecule has 0 fully saturated rings. The Bertz CT molecular complexity index is 177. The van der Waals surface area contributed by atoms with Crippen LogP contribution >= 0.6 is 0 Å². The normalized spacial score (nSPS) is 10.8. The Morgan fingerprint density at radius 1 is 0.550 bits per heavy atom. The second-order valence-corrected chi connectivity index (χ2v) is 6.11. The molecule has 0 saturated carbocycles. The standard InChI is InChI=1S/C19H37O/c1-2-3-4-5-6-7-8-9-10-11-12-13-14-15-16-17-18-19-20/h18-19H,2-17H2,1H3. The van der Waals surface area contributed by atoms with E-state index in [4.69, 9.17) is 0 Å². The highest BCUT2D eigenvalue weighted by atomic mass is 16.1. The summed E-state index contributed by atoms with van der Waals surface area (Å²) in [5.74, 6) is 0. The zero-order valence-electron chi connectivity index (χ0n) is 13.9. The van der Waals surface area contributed by atoms with Crippen molar-refractivity contribution in [3.63, 3.8) is 0 Å². The Kier molecular flexibility index (Phi) is 18.4. The Hall–Kier alpha value is -0.330. The lowest BCUT2D eigenvalue weighted by Crippen LogP contribution is -1.84. The van der Waals surface area contributed by atoms with Gasteiger partial charge in [-0.15, -0.1) is 0 Å². The highest BCUT2D eigenvalue weighted by Gasteiger charge is 1.94. The summed E-state index contributed by atoms with van der Waals surface area (Å²) in [5.41, 5.74) is 0. The van der Waals surface area contributed by atoms with Gasteiger partial charge in [-0.25, -0.2) is 0 Å². The fourth-order valence-electron chi connectivity index (χ4n) is 2.70. The third-order valence-corrected chi connectivity index (χ3v) is 4.07. The Morgan fingerprint density at radius 2 is 0.900 bits per heavy atom. The van der Waals surface area contributed by atoms with Crippen molar-refractivity contribution in [2.45, 2.75) is 110 Å². The highest BCUT2D eigenvalue weighted by Crippen LogP contribution is 2.13. The van der Waals surface area contributed by atoms with Gasteiger partial charge < -0.3 is 4.79 Å². The lowest BCUT2D eigenvalue weighted by atomic mass is 10.0. The molecule has 0 amide bonds. The van der Waals surface area contributed by atoms with E-state index < -0.39 is 0 Å². The molecule has 0 spiro atoms. The fraction of sp³-hybridized carbons (Fsp3) is 0.895. The number of carbonyl (C=O) groups is 1. The second-order valence-electron chi connectivity index (χ2n) is 6.11. The van der Waals surface area contributed by atoms with Crippen molar-refractivity contribution in [1.29, 1.82) is 0 Å². The molecule has 0 aromatic carbocycles. The molecule has 0 unspecified atom stereocenters. The van der Waals surface area contributed by atoms with E-state index in [-0.39, 0.29) is 0 Å². The zero-order chi connectivity index (χ0) is 14.7. The van der Waals surface area contributed by atoms with E-state index in [1.54, 1.807) is 6.42 Å². The maximum atomic E-state index is 10.1. The van der Waals surface area contributed by atoms with Crippen molar-refractivity contribution in [2.75, 3.05) is 0 Å². The molecule has 20 heavy (non-hydrogen) atoms. The van der Waals surface area contributed by atoms with Crippen LogP contribution in [0.4, 0.5) is 0 Å². The predicted octanol–water partition coefficient (Wildman–Crippen LogP) is 6.65. The predicted molar refractivity (Wildman–Crippen MR) is 89.9 cm³/mol. The number of unbranched alkanes of at least 4 members (excludes halogenated alkanes) is 16. The van der Waals surface area contributed by atoms with Crippen LogP contribution in [0.15, 0.2) is 0 Å². The van der Waals surface area contributed by atoms with Crippen molar-refractivity contribution in [3.8, 4) is 0 Å². The van der Waals surface area contributed by atoms with E-state index in [9.17, 15) is 4.79 Å². The van der Waals surface area contributed by atoms with Crippen LogP contribution in [0.3, 0.4) is 0 Å². The lowest BCUT2D eigenvalue weighted by molar-refractivity contribution is -0.105.